The summed E-state index contributed by atoms with van der Waals surface area (Å²) in [5.41, 5.74) is 6.34. The number of esters is 1. The summed E-state index contributed by atoms with van der Waals surface area (Å²) in [5.74, 6) is -3.85. The molecular weight excluding hydrogens is 386 g/mol. The summed E-state index contributed by atoms with van der Waals surface area (Å²) in [6.45, 7) is 1.40. The van der Waals surface area contributed by atoms with E-state index in [0.717, 1.165) is 0 Å². The molecule has 1 unspecified atom stereocenters. The highest BCUT2D eigenvalue weighted by molar-refractivity contribution is 7.99. The Morgan fingerprint density at radius 1 is 1.19 bits per heavy atom. The molecule has 2 aromatic rings. The third-order valence-corrected chi connectivity index (χ3v) is 4.19. The van der Waals surface area contributed by atoms with Crippen molar-refractivity contribution in [3.8, 4) is 0 Å². The number of hydrogen-bond acceptors (Lipinski definition) is 5. The summed E-state index contributed by atoms with van der Waals surface area (Å²) in [5, 5.41) is 2.91. The lowest BCUT2D eigenvalue weighted by Gasteiger charge is -2.14. The number of nitrogen functional groups attached to an aromatic ring is 1. The Morgan fingerprint density at radius 2 is 1.85 bits per heavy atom. The number of carbonyl (C=O) groups excluding carboxylic acids is 2. The van der Waals surface area contributed by atoms with Crippen molar-refractivity contribution in [3.63, 3.8) is 0 Å². The Bertz CT molecular complexity index is 803. The summed E-state index contributed by atoms with van der Waals surface area (Å²) in [6.07, 6.45) is -1.09. The lowest BCUT2D eigenvalue weighted by Crippen LogP contribution is -2.30. The molecule has 0 radical (unpaired) electrons. The molecule has 3 N–H and O–H groups in total. The second-order valence-electron chi connectivity index (χ2n) is 5.17. The number of hydrogen-bond donors (Lipinski definition) is 2. The first-order valence-corrected chi connectivity index (χ1v) is 8.64. The maximum absolute atomic E-state index is 12.3. The van der Waals surface area contributed by atoms with E-state index in [2.05, 4.69) is 5.32 Å². The lowest BCUT2D eigenvalue weighted by atomic mass is 10.2. The van der Waals surface area contributed by atoms with E-state index >= 15 is 0 Å². The number of ether oxygens (including phenoxy) is 1. The van der Waals surface area contributed by atoms with Crippen molar-refractivity contribution in [1.82, 2.24) is 0 Å². The molecule has 0 heterocycles. The predicted molar refractivity (Wildman–Crippen MR) is 97.7 cm³/mol. The summed E-state index contributed by atoms with van der Waals surface area (Å²) in [7, 11) is 0. The van der Waals surface area contributed by atoms with Crippen molar-refractivity contribution >= 4 is 46.6 Å². The second-order valence-corrected chi connectivity index (χ2v) is 6.67. The zero-order valence-corrected chi connectivity index (χ0v) is 15.1. The molecule has 0 saturated heterocycles. The topological polar surface area (TPSA) is 81.4 Å². The number of nitrogens with one attached hydrogen (secondary N) is 1. The summed E-state index contributed by atoms with van der Waals surface area (Å²) < 4.78 is 29.6. The van der Waals surface area contributed by atoms with E-state index in [0.29, 0.717) is 27.4 Å². The molecule has 0 aliphatic carbocycles. The van der Waals surface area contributed by atoms with Crippen LogP contribution in [0.25, 0.3) is 0 Å². The van der Waals surface area contributed by atoms with Crippen LogP contribution in [0.2, 0.25) is 5.02 Å². The Hall–Kier alpha value is -2.32. The Balaban J connectivity index is 1.95. The molecule has 26 heavy (non-hydrogen) atoms. The van der Waals surface area contributed by atoms with Gasteiger partial charge in [0.1, 0.15) is 0 Å². The van der Waals surface area contributed by atoms with Crippen LogP contribution in [0.1, 0.15) is 17.3 Å². The van der Waals surface area contributed by atoms with Crippen molar-refractivity contribution in [2.45, 2.75) is 23.7 Å². The average molecular weight is 401 g/mol. The standard InChI is InChI=1S/C17H15ClF2N2O3S/c1-9(25-16(24)13-7-2-10(18)8-14(13)21)15(23)22-11-3-5-12(6-4-11)26-17(19)20/h2-9,17H,21H2,1H3,(H,22,23). The average Bonchev–Trinajstić information content (AvgIpc) is 2.55. The molecule has 0 aliphatic heterocycles. The fourth-order valence-corrected chi connectivity index (χ4v) is 2.64. The van der Waals surface area contributed by atoms with Gasteiger partial charge in [0.25, 0.3) is 11.7 Å². The Kier molecular flexibility index (Phi) is 6.82. The lowest BCUT2D eigenvalue weighted by molar-refractivity contribution is -0.123. The van der Waals surface area contributed by atoms with Gasteiger partial charge in [-0.05, 0) is 49.4 Å². The normalized spacial score (nSPS) is 11.9. The van der Waals surface area contributed by atoms with Crippen LogP contribution in [-0.2, 0) is 9.53 Å². The van der Waals surface area contributed by atoms with Crippen molar-refractivity contribution in [3.05, 3.63) is 53.1 Å². The van der Waals surface area contributed by atoms with Gasteiger partial charge in [0.15, 0.2) is 6.10 Å². The van der Waals surface area contributed by atoms with Gasteiger partial charge in [-0.25, -0.2) is 4.79 Å². The molecule has 1 atom stereocenters. The third-order valence-electron chi connectivity index (χ3n) is 3.23. The molecule has 2 rings (SSSR count). The van der Waals surface area contributed by atoms with Gasteiger partial charge in [0.05, 0.1) is 5.56 Å². The van der Waals surface area contributed by atoms with Gasteiger partial charge < -0.3 is 15.8 Å². The maximum atomic E-state index is 12.3. The van der Waals surface area contributed by atoms with Crippen LogP contribution in [0.5, 0.6) is 0 Å². The first-order valence-electron chi connectivity index (χ1n) is 7.38. The van der Waals surface area contributed by atoms with Gasteiger partial charge in [-0.3, -0.25) is 4.79 Å². The van der Waals surface area contributed by atoms with Gasteiger partial charge in [-0.15, -0.1) is 0 Å². The molecule has 0 aromatic heterocycles. The van der Waals surface area contributed by atoms with Gasteiger partial charge in [0.2, 0.25) is 0 Å². The second kappa shape index (κ2) is 8.86. The van der Waals surface area contributed by atoms with Crippen LogP contribution >= 0.6 is 23.4 Å². The predicted octanol–water partition coefficient (Wildman–Crippen LogP) is 4.42. The molecular formula is C17H15ClF2N2O3S. The molecule has 1 amide bonds. The number of nitrogens with two attached hydrogens (primary N) is 1. The number of rotatable bonds is 6. The molecule has 5 nitrogen and oxygen atoms in total. The minimum atomic E-state index is -2.52. The van der Waals surface area contributed by atoms with E-state index in [1.165, 1.54) is 49.4 Å². The minimum Gasteiger partial charge on any atom is -0.449 e. The smallest absolute Gasteiger partial charge is 0.341 e. The molecule has 9 heteroatoms. The molecule has 0 fully saturated rings. The molecule has 138 valence electrons. The van der Waals surface area contributed by atoms with Crippen molar-refractivity contribution in [2.75, 3.05) is 11.1 Å². The van der Waals surface area contributed by atoms with E-state index in [4.69, 9.17) is 22.1 Å². The largest absolute Gasteiger partial charge is 0.449 e. The van der Waals surface area contributed by atoms with Crippen LogP contribution < -0.4 is 11.1 Å². The highest BCUT2D eigenvalue weighted by atomic mass is 35.5. The van der Waals surface area contributed by atoms with Crippen LogP contribution in [0.3, 0.4) is 0 Å². The zero-order valence-electron chi connectivity index (χ0n) is 13.5. The minimum absolute atomic E-state index is 0.0995. The van der Waals surface area contributed by atoms with Crippen LogP contribution in [0, 0.1) is 0 Å². The molecule has 0 spiro atoms. The summed E-state index contributed by atoms with van der Waals surface area (Å²) >= 11 is 6.17. The van der Waals surface area contributed by atoms with Gasteiger partial charge >= 0.3 is 5.97 Å². The number of halogens is 3. The molecule has 0 bridgehead atoms. The van der Waals surface area contributed by atoms with E-state index in [1.54, 1.807) is 0 Å². The number of benzene rings is 2. The highest BCUT2D eigenvalue weighted by Gasteiger charge is 2.20. The summed E-state index contributed by atoms with van der Waals surface area (Å²) in [4.78, 5) is 24.6. The fourth-order valence-electron chi connectivity index (χ4n) is 1.96. The number of thioether (sulfide) groups is 1. The molecule has 0 aliphatic rings. The zero-order chi connectivity index (χ0) is 19.3. The van der Waals surface area contributed by atoms with Gasteiger partial charge in [-0.1, -0.05) is 23.4 Å². The third kappa shape index (κ3) is 5.60. The number of amides is 1. The summed E-state index contributed by atoms with van der Waals surface area (Å²) in [6, 6.07) is 10.2. The Morgan fingerprint density at radius 3 is 2.42 bits per heavy atom. The van der Waals surface area contributed by atoms with Crippen LogP contribution in [-0.4, -0.2) is 23.7 Å². The van der Waals surface area contributed by atoms with Crippen LogP contribution in [0.4, 0.5) is 20.2 Å². The number of anilines is 2. The van der Waals surface area contributed by atoms with E-state index in [1.807, 2.05) is 0 Å². The van der Waals surface area contributed by atoms with E-state index < -0.39 is 23.7 Å². The molecule has 2 aromatic carbocycles. The highest BCUT2D eigenvalue weighted by Crippen LogP contribution is 2.26. The van der Waals surface area contributed by atoms with Crippen molar-refractivity contribution in [2.24, 2.45) is 0 Å². The number of alkyl halides is 2. The van der Waals surface area contributed by atoms with Gasteiger partial charge in [-0.2, -0.15) is 8.78 Å². The van der Waals surface area contributed by atoms with Crippen LogP contribution in [0.15, 0.2) is 47.4 Å². The monoisotopic (exact) mass is 400 g/mol. The quantitative estimate of drug-likeness (QED) is 0.426. The van der Waals surface area contributed by atoms with Crippen molar-refractivity contribution < 1.29 is 23.1 Å². The van der Waals surface area contributed by atoms with E-state index in [-0.39, 0.29) is 11.3 Å². The molecule has 0 saturated carbocycles. The first kappa shape index (κ1) is 20.0. The maximum Gasteiger partial charge on any atom is 0.341 e. The fraction of sp³-hybridized carbons (Fsp3) is 0.176. The first-order chi connectivity index (χ1) is 12.3. The van der Waals surface area contributed by atoms with Crippen molar-refractivity contribution in [1.29, 1.82) is 0 Å². The van der Waals surface area contributed by atoms with Gasteiger partial charge in [0, 0.05) is 21.3 Å². The Labute approximate surface area is 157 Å². The number of carbonyl (C=O) groups is 2. The van der Waals surface area contributed by atoms with E-state index in [9.17, 15) is 18.4 Å². The SMILES string of the molecule is CC(OC(=O)c1ccc(Cl)cc1N)C(=O)Nc1ccc(SC(F)F)cc1.